The van der Waals surface area contributed by atoms with Crippen molar-refractivity contribution >= 4 is 5.91 Å². The highest BCUT2D eigenvalue weighted by Gasteiger charge is 2.47. The highest BCUT2D eigenvalue weighted by Crippen LogP contribution is 2.30. The second kappa shape index (κ2) is 6.24. The molecule has 1 atom stereocenters. The topological polar surface area (TPSA) is 83.3 Å². The average molecular weight is 341 g/mol. The number of aromatic nitrogens is 3. The summed E-state index contributed by atoms with van der Waals surface area (Å²) in [6.45, 7) is 4.12. The fraction of sp³-hybridized carbons (Fsp3) is 0.500. The zero-order chi connectivity index (χ0) is 17.4. The number of carbonyl (C=O) groups excluding carboxylic acids is 1. The lowest BCUT2D eigenvalue weighted by Gasteiger charge is -2.44. The molecule has 3 heterocycles. The van der Waals surface area contributed by atoms with Gasteiger partial charge in [0, 0.05) is 26.1 Å². The number of nitrogens with zero attached hydrogens (tertiary/aromatic N) is 4. The molecule has 2 aliphatic heterocycles. The van der Waals surface area contributed by atoms with E-state index in [9.17, 15) is 9.90 Å². The molecule has 7 nitrogen and oxygen atoms in total. The van der Waals surface area contributed by atoms with Gasteiger partial charge in [0.2, 0.25) is 5.91 Å². The van der Waals surface area contributed by atoms with Crippen molar-refractivity contribution < 1.29 is 9.90 Å². The van der Waals surface area contributed by atoms with E-state index in [0.29, 0.717) is 26.2 Å². The summed E-state index contributed by atoms with van der Waals surface area (Å²) in [5.74, 6) is 1.76. The Labute approximate surface area is 146 Å². The van der Waals surface area contributed by atoms with Crippen LogP contribution in [0.3, 0.4) is 0 Å². The summed E-state index contributed by atoms with van der Waals surface area (Å²) in [4.78, 5) is 14.7. The van der Waals surface area contributed by atoms with Gasteiger partial charge in [0.25, 0.3) is 0 Å². The van der Waals surface area contributed by atoms with Gasteiger partial charge in [0.15, 0.2) is 5.82 Å². The van der Waals surface area contributed by atoms with Crippen LogP contribution in [0.1, 0.15) is 30.2 Å². The summed E-state index contributed by atoms with van der Waals surface area (Å²) in [6.07, 6.45) is 0.733. The zero-order valence-corrected chi connectivity index (χ0v) is 14.4. The van der Waals surface area contributed by atoms with Crippen molar-refractivity contribution in [3.05, 3.63) is 47.5 Å². The molecule has 1 aromatic heterocycles. The third-order valence-corrected chi connectivity index (χ3v) is 5.27. The summed E-state index contributed by atoms with van der Waals surface area (Å²) in [7, 11) is 0. The van der Waals surface area contributed by atoms with Gasteiger partial charge in [0.05, 0.1) is 24.6 Å². The molecular formula is C18H23N5O2. The Balaban J connectivity index is 1.55. The molecule has 0 radical (unpaired) electrons. The molecule has 1 amide bonds. The van der Waals surface area contributed by atoms with Gasteiger partial charge in [0.1, 0.15) is 5.82 Å². The van der Waals surface area contributed by atoms with E-state index in [-0.39, 0.29) is 18.6 Å². The molecule has 2 aromatic rings. The first-order chi connectivity index (χ1) is 12.1. The predicted molar refractivity (Wildman–Crippen MR) is 91.8 cm³/mol. The lowest BCUT2D eigenvalue weighted by Crippen LogP contribution is -2.64. The molecule has 0 unspecified atom stereocenters. The second-order valence-electron chi connectivity index (χ2n) is 7.14. The van der Waals surface area contributed by atoms with Crippen molar-refractivity contribution in [2.45, 2.75) is 25.9 Å². The maximum atomic E-state index is 12.9. The first kappa shape index (κ1) is 16.2. The van der Waals surface area contributed by atoms with Gasteiger partial charge in [-0.2, -0.15) is 0 Å². The smallest absolute Gasteiger partial charge is 0.234 e. The van der Waals surface area contributed by atoms with Gasteiger partial charge < -0.3 is 19.9 Å². The Morgan fingerprint density at radius 3 is 2.72 bits per heavy atom. The summed E-state index contributed by atoms with van der Waals surface area (Å²) < 4.78 is 2.15. The van der Waals surface area contributed by atoms with E-state index in [1.807, 2.05) is 23.1 Å². The molecule has 132 valence electrons. The first-order valence-corrected chi connectivity index (χ1v) is 8.70. The monoisotopic (exact) mass is 341 g/mol. The first-order valence-electron chi connectivity index (χ1n) is 8.70. The molecule has 2 N–H and O–H groups in total. The number of fused-ring (bicyclic) bond motifs is 1. The molecule has 0 aliphatic carbocycles. The lowest BCUT2D eigenvalue weighted by atomic mass is 9.81. The van der Waals surface area contributed by atoms with Crippen molar-refractivity contribution in [1.29, 1.82) is 0 Å². The van der Waals surface area contributed by atoms with E-state index in [1.165, 1.54) is 5.56 Å². The van der Waals surface area contributed by atoms with E-state index >= 15 is 0 Å². The van der Waals surface area contributed by atoms with Crippen LogP contribution in [0.5, 0.6) is 0 Å². The molecule has 1 saturated heterocycles. The van der Waals surface area contributed by atoms with Crippen LogP contribution in [-0.4, -0.2) is 56.9 Å². The number of rotatable bonds is 4. The van der Waals surface area contributed by atoms with Gasteiger partial charge in [-0.05, 0) is 12.5 Å². The SMILES string of the molecule is C[C@H]1CN(C(=O)C2(CO)CNC2)Cc2nnc(Cc3ccccc3)n21. The molecule has 7 heteroatoms. The molecule has 1 aromatic carbocycles. The number of hydrogen-bond donors (Lipinski definition) is 2. The number of amides is 1. The molecule has 25 heavy (non-hydrogen) atoms. The number of nitrogens with one attached hydrogen (secondary N) is 1. The van der Waals surface area contributed by atoms with Crippen LogP contribution in [-0.2, 0) is 17.8 Å². The fourth-order valence-electron chi connectivity index (χ4n) is 3.76. The summed E-state index contributed by atoms with van der Waals surface area (Å²) in [5.41, 5.74) is 0.539. The number of aliphatic hydroxyl groups excluding tert-OH is 1. The van der Waals surface area contributed by atoms with Crippen molar-refractivity contribution in [1.82, 2.24) is 25.0 Å². The summed E-state index contributed by atoms with van der Waals surface area (Å²) in [6, 6.07) is 10.3. The van der Waals surface area contributed by atoms with Crippen LogP contribution in [0.25, 0.3) is 0 Å². The van der Waals surface area contributed by atoms with Crippen LogP contribution < -0.4 is 5.32 Å². The highest BCUT2D eigenvalue weighted by molar-refractivity contribution is 5.84. The number of carbonyl (C=O) groups is 1. The van der Waals surface area contributed by atoms with Crippen molar-refractivity contribution in [3.63, 3.8) is 0 Å². The van der Waals surface area contributed by atoms with Crippen molar-refractivity contribution in [2.24, 2.45) is 5.41 Å². The maximum Gasteiger partial charge on any atom is 0.234 e. The Morgan fingerprint density at radius 1 is 1.32 bits per heavy atom. The van der Waals surface area contributed by atoms with Crippen LogP contribution in [0.2, 0.25) is 0 Å². The lowest BCUT2D eigenvalue weighted by molar-refractivity contribution is -0.150. The highest BCUT2D eigenvalue weighted by atomic mass is 16.3. The Bertz CT molecular complexity index is 764. The van der Waals surface area contributed by atoms with Crippen LogP contribution in [0, 0.1) is 5.41 Å². The van der Waals surface area contributed by atoms with Gasteiger partial charge in [-0.3, -0.25) is 4.79 Å². The van der Waals surface area contributed by atoms with E-state index in [4.69, 9.17) is 0 Å². The quantitative estimate of drug-likeness (QED) is 0.839. The Hall–Kier alpha value is -2.25. The normalized spacial score (nSPS) is 21.5. The van der Waals surface area contributed by atoms with Gasteiger partial charge in [-0.1, -0.05) is 30.3 Å². The minimum Gasteiger partial charge on any atom is -0.395 e. The summed E-state index contributed by atoms with van der Waals surface area (Å²) >= 11 is 0. The third-order valence-electron chi connectivity index (χ3n) is 5.27. The zero-order valence-electron chi connectivity index (χ0n) is 14.4. The van der Waals surface area contributed by atoms with Gasteiger partial charge >= 0.3 is 0 Å². The molecule has 0 saturated carbocycles. The van der Waals surface area contributed by atoms with E-state index in [1.54, 1.807) is 0 Å². The molecule has 4 rings (SSSR count). The molecule has 0 bridgehead atoms. The standard InChI is InChI=1S/C18H23N5O2/c1-13-8-22(17(25)18(12-24)10-19-11-18)9-16-21-20-15(23(13)16)7-14-5-3-2-4-6-14/h2-6,13,19,24H,7-12H2,1H3/t13-/m0/s1. The number of benzene rings is 1. The van der Waals surface area contributed by atoms with Crippen LogP contribution in [0.15, 0.2) is 30.3 Å². The second-order valence-corrected chi connectivity index (χ2v) is 7.14. The fourth-order valence-corrected chi connectivity index (χ4v) is 3.76. The number of aliphatic hydroxyl groups is 1. The Kier molecular flexibility index (Phi) is 4.05. The van der Waals surface area contributed by atoms with Gasteiger partial charge in [-0.25, -0.2) is 0 Å². The van der Waals surface area contributed by atoms with Crippen LogP contribution >= 0.6 is 0 Å². The van der Waals surface area contributed by atoms with Crippen LogP contribution in [0.4, 0.5) is 0 Å². The molecule has 2 aliphatic rings. The summed E-state index contributed by atoms with van der Waals surface area (Å²) in [5, 5.41) is 21.4. The molecular weight excluding hydrogens is 318 g/mol. The van der Waals surface area contributed by atoms with Crippen molar-refractivity contribution in [2.75, 3.05) is 26.2 Å². The molecule has 0 spiro atoms. The minimum atomic E-state index is -0.658. The van der Waals surface area contributed by atoms with Gasteiger partial charge in [-0.15, -0.1) is 10.2 Å². The predicted octanol–water partition coefficient (Wildman–Crippen LogP) is 0.354. The third kappa shape index (κ3) is 2.73. The van der Waals surface area contributed by atoms with E-state index in [0.717, 1.165) is 18.1 Å². The molecule has 1 fully saturated rings. The average Bonchev–Trinajstić information content (AvgIpc) is 2.98. The Morgan fingerprint density at radius 2 is 2.08 bits per heavy atom. The largest absolute Gasteiger partial charge is 0.395 e. The minimum absolute atomic E-state index is 0.0134. The number of hydrogen-bond acceptors (Lipinski definition) is 5. The van der Waals surface area contributed by atoms with E-state index < -0.39 is 5.41 Å². The maximum absolute atomic E-state index is 12.9. The van der Waals surface area contributed by atoms with E-state index in [2.05, 4.69) is 39.1 Å². The van der Waals surface area contributed by atoms with Crippen molar-refractivity contribution in [3.8, 4) is 0 Å².